The minimum absolute atomic E-state index is 0.394. The molecule has 1 aliphatic carbocycles. The highest BCUT2D eigenvalue weighted by Crippen LogP contribution is 2.23. The summed E-state index contributed by atoms with van der Waals surface area (Å²) >= 11 is 1.96. The summed E-state index contributed by atoms with van der Waals surface area (Å²) in [6.07, 6.45) is 10.9. The summed E-state index contributed by atoms with van der Waals surface area (Å²) in [5.74, 6) is 0.949. The molecule has 0 aromatic heterocycles. The SMILES string of the molecule is CSC(C)(C)CNCC1CCCCCC1. The lowest BCUT2D eigenvalue weighted by molar-refractivity contribution is 0.417. The van der Waals surface area contributed by atoms with Crippen LogP contribution in [0, 0.1) is 5.92 Å². The van der Waals surface area contributed by atoms with Gasteiger partial charge in [-0.15, -0.1) is 0 Å². The highest BCUT2D eigenvalue weighted by molar-refractivity contribution is 7.99. The van der Waals surface area contributed by atoms with E-state index < -0.39 is 0 Å². The summed E-state index contributed by atoms with van der Waals surface area (Å²) < 4.78 is 0.394. The maximum Gasteiger partial charge on any atom is 0.0225 e. The zero-order valence-corrected chi connectivity index (χ0v) is 11.5. The first kappa shape index (κ1) is 13.4. The van der Waals surface area contributed by atoms with Gasteiger partial charge in [-0.25, -0.2) is 0 Å². The smallest absolute Gasteiger partial charge is 0.0225 e. The summed E-state index contributed by atoms with van der Waals surface area (Å²) in [5, 5.41) is 3.65. The largest absolute Gasteiger partial charge is 0.315 e. The van der Waals surface area contributed by atoms with Gasteiger partial charge in [0.25, 0.3) is 0 Å². The number of hydrogen-bond acceptors (Lipinski definition) is 2. The molecule has 0 spiro atoms. The second kappa shape index (κ2) is 6.80. The Morgan fingerprint density at radius 1 is 1.13 bits per heavy atom. The molecular weight excluding hydrogens is 202 g/mol. The van der Waals surface area contributed by atoms with Gasteiger partial charge in [0.15, 0.2) is 0 Å². The fourth-order valence-corrected chi connectivity index (χ4v) is 2.46. The van der Waals surface area contributed by atoms with Gasteiger partial charge in [-0.3, -0.25) is 0 Å². The Balaban J connectivity index is 2.13. The molecule has 0 radical (unpaired) electrons. The van der Waals surface area contributed by atoms with Gasteiger partial charge >= 0.3 is 0 Å². The van der Waals surface area contributed by atoms with Crippen molar-refractivity contribution in [3.05, 3.63) is 0 Å². The van der Waals surface area contributed by atoms with Crippen molar-refractivity contribution in [1.82, 2.24) is 5.32 Å². The Kier molecular flexibility index (Phi) is 6.06. The Morgan fingerprint density at radius 2 is 1.73 bits per heavy atom. The van der Waals surface area contributed by atoms with Gasteiger partial charge in [0.05, 0.1) is 0 Å². The molecule has 0 aromatic rings. The van der Waals surface area contributed by atoms with Crippen molar-refractivity contribution >= 4 is 11.8 Å². The first-order chi connectivity index (χ1) is 7.14. The molecule has 1 saturated carbocycles. The van der Waals surface area contributed by atoms with Crippen molar-refractivity contribution in [2.24, 2.45) is 5.92 Å². The maximum atomic E-state index is 3.65. The van der Waals surface area contributed by atoms with Crippen molar-refractivity contribution in [3.8, 4) is 0 Å². The molecule has 0 atom stereocenters. The van der Waals surface area contributed by atoms with Crippen LogP contribution in [-0.2, 0) is 0 Å². The summed E-state index contributed by atoms with van der Waals surface area (Å²) in [6.45, 7) is 7.02. The first-order valence-corrected chi connectivity index (χ1v) is 7.62. The van der Waals surface area contributed by atoms with Gasteiger partial charge in [0.2, 0.25) is 0 Å². The predicted molar refractivity (Wildman–Crippen MR) is 71.7 cm³/mol. The quantitative estimate of drug-likeness (QED) is 0.722. The molecule has 90 valence electrons. The van der Waals surface area contributed by atoms with Gasteiger partial charge in [-0.05, 0) is 45.4 Å². The van der Waals surface area contributed by atoms with E-state index in [0.29, 0.717) is 4.75 Å². The van der Waals surface area contributed by atoms with Crippen molar-refractivity contribution in [2.75, 3.05) is 19.3 Å². The molecule has 15 heavy (non-hydrogen) atoms. The molecule has 0 heterocycles. The fourth-order valence-electron chi connectivity index (χ4n) is 2.22. The molecule has 0 unspecified atom stereocenters. The third-order valence-electron chi connectivity index (χ3n) is 3.51. The van der Waals surface area contributed by atoms with E-state index >= 15 is 0 Å². The summed E-state index contributed by atoms with van der Waals surface area (Å²) in [4.78, 5) is 0. The minimum Gasteiger partial charge on any atom is -0.315 e. The predicted octanol–water partition coefficient (Wildman–Crippen LogP) is 3.69. The van der Waals surface area contributed by atoms with E-state index in [-0.39, 0.29) is 0 Å². The van der Waals surface area contributed by atoms with Crippen molar-refractivity contribution in [2.45, 2.75) is 57.1 Å². The summed E-state index contributed by atoms with van der Waals surface area (Å²) in [7, 11) is 0. The van der Waals surface area contributed by atoms with Gasteiger partial charge in [0.1, 0.15) is 0 Å². The summed E-state index contributed by atoms with van der Waals surface area (Å²) in [5.41, 5.74) is 0. The van der Waals surface area contributed by atoms with E-state index in [1.54, 1.807) is 0 Å². The Bertz CT molecular complexity index is 160. The average molecular weight is 229 g/mol. The monoisotopic (exact) mass is 229 g/mol. The molecule has 1 rings (SSSR count). The molecule has 0 aromatic carbocycles. The standard InChI is InChI=1S/C13H27NS/c1-13(2,15-3)11-14-10-12-8-6-4-5-7-9-12/h12,14H,4-11H2,1-3H3. The number of thioether (sulfide) groups is 1. The van der Waals surface area contributed by atoms with Gasteiger partial charge in [0, 0.05) is 11.3 Å². The van der Waals surface area contributed by atoms with Crippen molar-refractivity contribution in [3.63, 3.8) is 0 Å². The van der Waals surface area contributed by atoms with E-state index in [9.17, 15) is 0 Å². The van der Waals surface area contributed by atoms with Gasteiger partial charge in [-0.1, -0.05) is 25.7 Å². The molecule has 0 bridgehead atoms. The molecule has 1 fully saturated rings. The molecule has 2 heteroatoms. The van der Waals surface area contributed by atoms with E-state index in [1.165, 1.54) is 45.1 Å². The lowest BCUT2D eigenvalue weighted by Crippen LogP contribution is -2.34. The Labute approximate surface area is 99.8 Å². The normalized spacial score (nSPS) is 20.2. The molecule has 0 amide bonds. The Morgan fingerprint density at radius 3 is 2.27 bits per heavy atom. The molecule has 1 nitrogen and oxygen atoms in total. The minimum atomic E-state index is 0.394. The molecule has 0 saturated heterocycles. The number of rotatable bonds is 5. The van der Waals surface area contributed by atoms with Crippen LogP contribution in [-0.4, -0.2) is 24.1 Å². The number of hydrogen-bond donors (Lipinski definition) is 1. The Hall–Kier alpha value is 0.310. The third-order valence-corrected chi connectivity index (χ3v) is 4.76. The van der Waals surface area contributed by atoms with Crippen LogP contribution in [0.4, 0.5) is 0 Å². The second-order valence-electron chi connectivity index (χ2n) is 5.45. The van der Waals surface area contributed by atoms with Gasteiger partial charge in [-0.2, -0.15) is 11.8 Å². The molecule has 1 aliphatic rings. The second-order valence-corrected chi connectivity index (χ2v) is 6.97. The molecule has 0 aliphatic heterocycles. The van der Waals surface area contributed by atoms with Crippen molar-refractivity contribution < 1.29 is 0 Å². The van der Waals surface area contributed by atoms with E-state index in [1.807, 2.05) is 11.8 Å². The van der Waals surface area contributed by atoms with Crippen LogP contribution in [0.1, 0.15) is 52.4 Å². The van der Waals surface area contributed by atoms with Crippen LogP contribution in [0.2, 0.25) is 0 Å². The first-order valence-electron chi connectivity index (χ1n) is 6.40. The van der Waals surface area contributed by atoms with Crippen molar-refractivity contribution in [1.29, 1.82) is 0 Å². The zero-order valence-electron chi connectivity index (χ0n) is 10.6. The van der Waals surface area contributed by atoms with Crippen LogP contribution in [0.3, 0.4) is 0 Å². The lowest BCUT2D eigenvalue weighted by Gasteiger charge is -2.24. The highest BCUT2D eigenvalue weighted by atomic mass is 32.2. The fraction of sp³-hybridized carbons (Fsp3) is 1.00. The van der Waals surface area contributed by atoms with Crippen LogP contribution >= 0.6 is 11.8 Å². The lowest BCUT2D eigenvalue weighted by atomic mass is 10.0. The van der Waals surface area contributed by atoms with E-state index in [2.05, 4.69) is 25.4 Å². The summed E-state index contributed by atoms with van der Waals surface area (Å²) in [6, 6.07) is 0. The van der Waals surface area contributed by atoms with Crippen LogP contribution in [0.15, 0.2) is 0 Å². The van der Waals surface area contributed by atoms with Crippen LogP contribution < -0.4 is 5.32 Å². The van der Waals surface area contributed by atoms with Crippen LogP contribution in [0.5, 0.6) is 0 Å². The molecular formula is C13H27NS. The third kappa shape index (κ3) is 5.82. The maximum absolute atomic E-state index is 3.65. The number of nitrogens with one attached hydrogen (secondary N) is 1. The highest BCUT2D eigenvalue weighted by Gasteiger charge is 2.17. The van der Waals surface area contributed by atoms with E-state index in [4.69, 9.17) is 0 Å². The average Bonchev–Trinajstić information content (AvgIpc) is 2.46. The zero-order chi connectivity index (χ0) is 11.1. The van der Waals surface area contributed by atoms with E-state index in [0.717, 1.165) is 12.5 Å². The van der Waals surface area contributed by atoms with Gasteiger partial charge < -0.3 is 5.32 Å². The molecule has 1 N–H and O–H groups in total. The van der Waals surface area contributed by atoms with Crippen LogP contribution in [0.25, 0.3) is 0 Å². The topological polar surface area (TPSA) is 12.0 Å².